The number of benzene rings is 1. The molecule has 0 radical (unpaired) electrons. The molecular weight excluding hydrogens is 294 g/mol. The van der Waals surface area contributed by atoms with E-state index in [2.05, 4.69) is 16.0 Å². The third kappa shape index (κ3) is 3.34. The molecule has 1 fully saturated rings. The van der Waals surface area contributed by atoms with Crippen LogP contribution in [0.3, 0.4) is 0 Å². The van der Waals surface area contributed by atoms with Crippen LogP contribution in [-0.2, 0) is 20.7 Å². The van der Waals surface area contributed by atoms with Gasteiger partial charge in [0.25, 0.3) is 0 Å². The Morgan fingerprint density at radius 3 is 3.10 bits per heavy atom. The van der Waals surface area contributed by atoms with Crippen molar-refractivity contribution in [2.75, 3.05) is 30.3 Å². The van der Waals surface area contributed by atoms with Gasteiger partial charge in [-0.1, -0.05) is 11.6 Å². The molecule has 1 aromatic rings. The van der Waals surface area contributed by atoms with E-state index in [1.165, 1.54) is 0 Å². The molecule has 0 spiro atoms. The van der Waals surface area contributed by atoms with E-state index in [1.54, 1.807) is 12.1 Å². The lowest BCUT2D eigenvalue weighted by Gasteiger charge is -2.23. The Labute approximate surface area is 127 Å². The van der Waals surface area contributed by atoms with Crippen LogP contribution in [0.25, 0.3) is 0 Å². The Kier molecular flexibility index (Phi) is 4.10. The summed E-state index contributed by atoms with van der Waals surface area (Å²) in [5, 5.41) is 9.09. The Morgan fingerprint density at radius 2 is 2.33 bits per heavy atom. The highest BCUT2D eigenvalue weighted by atomic mass is 35.5. The minimum Gasteiger partial charge on any atom is -0.375 e. The number of halogens is 1. The van der Waals surface area contributed by atoms with Gasteiger partial charge in [-0.15, -0.1) is 0 Å². The average Bonchev–Trinajstić information content (AvgIpc) is 2.79. The quantitative estimate of drug-likeness (QED) is 0.782. The zero-order valence-corrected chi connectivity index (χ0v) is 12.1. The largest absolute Gasteiger partial charge is 0.375 e. The van der Waals surface area contributed by atoms with Crippen molar-refractivity contribution < 1.29 is 14.3 Å². The van der Waals surface area contributed by atoms with Crippen LogP contribution in [0.15, 0.2) is 12.1 Å². The molecule has 0 aliphatic carbocycles. The van der Waals surface area contributed by atoms with Gasteiger partial charge >= 0.3 is 0 Å². The maximum absolute atomic E-state index is 12.0. The lowest BCUT2D eigenvalue weighted by Crippen LogP contribution is -2.40. The molecule has 2 aliphatic rings. The van der Waals surface area contributed by atoms with Crippen LogP contribution >= 0.6 is 11.6 Å². The van der Waals surface area contributed by atoms with Crippen LogP contribution in [0.5, 0.6) is 0 Å². The number of ether oxygens (including phenoxy) is 1. The van der Waals surface area contributed by atoms with Gasteiger partial charge in [-0.2, -0.15) is 0 Å². The van der Waals surface area contributed by atoms with Gasteiger partial charge < -0.3 is 20.7 Å². The molecule has 2 heterocycles. The van der Waals surface area contributed by atoms with Crippen LogP contribution in [0.4, 0.5) is 11.4 Å². The van der Waals surface area contributed by atoms with Crippen molar-refractivity contribution >= 4 is 34.8 Å². The van der Waals surface area contributed by atoms with Crippen LogP contribution in [0, 0.1) is 0 Å². The first-order chi connectivity index (χ1) is 10.1. The standard InChI is InChI=1S/C14H16ClN3O3/c15-10-6-11-8(4-13(19)17-11)3-12(10)18-14(20)5-9-7-16-1-2-21-9/h3,6,9,16H,1-2,4-5,7H2,(H,17,19)(H,18,20). The van der Waals surface area contributed by atoms with E-state index in [-0.39, 0.29) is 24.3 Å². The molecule has 1 saturated heterocycles. The number of fused-ring (bicyclic) bond motifs is 1. The Bertz CT molecular complexity index is 585. The van der Waals surface area contributed by atoms with E-state index >= 15 is 0 Å². The van der Waals surface area contributed by atoms with Crippen molar-refractivity contribution in [2.24, 2.45) is 0 Å². The summed E-state index contributed by atoms with van der Waals surface area (Å²) in [4.78, 5) is 23.4. The molecule has 1 atom stereocenters. The highest BCUT2D eigenvalue weighted by Gasteiger charge is 2.21. The predicted octanol–water partition coefficient (Wildman–Crippen LogP) is 1.15. The van der Waals surface area contributed by atoms with Gasteiger partial charge in [0.1, 0.15) is 0 Å². The summed E-state index contributed by atoms with van der Waals surface area (Å²) in [6.45, 7) is 2.10. The van der Waals surface area contributed by atoms with E-state index in [4.69, 9.17) is 16.3 Å². The van der Waals surface area contributed by atoms with Gasteiger partial charge in [0.2, 0.25) is 11.8 Å². The molecule has 0 aromatic heterocycles. The molecule has 1 aromatic carbocycles. The number of amides is 2. The SMILES string of the molecule is O=C(CC1CNCCO1)Nc1cc2c(cc1Cl)NC(=O)C2. The predicted molar refractivity (Wildman–Crippen MR) is 79.6 cm³/mol. The summed E-state index contributed by atoms with van der Waals surface area (Å²) >= 11 is 6.13. The zero-order chi connectivity index (χ0) is 14.8. The van der Waals surface area contributed by atoms with Crippen LogP contribution in [0.2, 0.25) is 5.02 Å². The van der Waals surface area contributed by atoms with E-state index in [1.807, 2.05) is 0 Å². The summed E-state index contributed by atoms with van der Waals surface area (Å²) in [6.07, 6.45) is 0.470. The number of carbonyl (C=O) groups is 2. The first kappa shape index (κ1) is 14.3. The molecule has 2 amide bonds. The Morgan fingerprint density at radius 1 is 1.48 bits per heavy atom. The number of nitrogens with one attached hydrogen (secondary N) is 3. The maximum Gasteiger partial charge on any atom is 0.228 e. The number of rotatable bonds is 3. The monoisotopic (exact) mass is 309 g/mol. The molecule has 0 bridgehead atoms. The van der Waals surface area contributed by atoms with Crippen molar-refractivity contribution in [2.45, 2.75) is 18.9 Å². The minimum absolute atomic E-state index is 0.0637. The van der Waals surface area contributed by atoms with E-state index in [0.29, 0.717) is 36.0 Å². The van der Waals surface area contributed by atoms with Crippen molar-refractivity contribution in [1.29, 1.82) is 0 Å². The molecular formula is C14H16ClN3O3. The first-order valence-electron chi connectivity index (χ1n) is 6.86. The van der Waals surface area contributed by atoms with Crippen LogP contribution in [-0.4, -0.2) is 37.6 Å². The second kappa shape index (κ2) is 6.01. The average molecular weight is 310 g/mol. The third-order valence-electron chi connectivity index (χ3n) is 3.51. The summed E-state index contributed by atoms with van der Waals surface area (Å²) < 4.78 is 5.49. The smallest absolute Gasteiger partial charge is 0.228 e. The lowest BCUT2D eigenvalue weighted by molar-refractivity contribution is -0.119. The van der Waals surface area contributed by atoms with Crippen molar-refractivity contribution in [1.82, 2.24) is 5.32 Å². The third-order valence-corrected chi connectivity index (χ3v) is 3.82. The second-order valence-corrected chi connectivity index (χ2v) is 5.57. The fourth-order valence-corrected chi connectivity index (χ4v) is 2.71. The van der Waals surface area contributed by atoms with E-state index in [0.717, 1.165) is 12.1 Å². The van der Waals surface area contributed by atoms with Crippen LogP contribution < -0.4 is 16.0 Å². The zero-order valence-electron chi connectivity index (χ0n) is 11.4. The molecule has 6 nitrogen and oxygen atoms in total. The fourth-order valence-electron chi connectivity index (χ4n) is 2.50. The van der Waals surface area contributed by atoms with Gasteiger partial charge in [-0.25, -0.2) is 0 Å². The Hall–Kier alpha value is -1.63. The second-order valence-electron chi connectivity index (χ2n) is 5.16. The highest BCUT2D eigenvalue weighted by molar-refractivity contribution is 6.34. The van der Waals surface area contributed by atoms with Crippen molar-refractivity contribution in [3.63, 3.8) is 0 Å². The Balaban J connectivity index is 1.66. The van der Waals surface area contributed by atoms with Gasteiger partial charge in [0, 0.05) is 18.8 Å². The van der Waals surface area contributed by atoms with E-state index in [9.17, 15) is 9.59 Å². The van der Waals surface area contributed by atoms with Crippen molar-refractivity contribution in [3.05, 3.63) is 22.7 Å². The molecule has 0 saturated carbocycles. The van der Waals surface area contributed by atoms with Gasteiger partial charge in [-0.3, -0.25) is 9.59 Å². The number of anilines is 2. The van der Waals surface area contributed by atoms with Gasteiger partial charge in [-0.05, 0) is 17.7 Å². The number of morpholine rings is 1. The maximum atomic E-state index is 12.0. The number of hydrogen-bond donors (Lipinski definition) is 3. The molecule has 112 valence electrons. The normalized spacial score (nSPS) is 20.8. The molecule has 3 N–H and O–H groups in total. The topological polar surface area (TPSA) is 79.5 Å². The van der Waals surface area contributed by atoms with Gasteiger partial charge in [0.15, 0.2) is 0 Å². The number of hydrogen-bond acceptors (Lipinski definition) is 4. The molecule has 2 aliphatic heterocycles. The molecule has 1 unspecified atom stereocenters. The highest BCUT2D eigenvalue weighted by Crippen LogP contribution is 2.32. The van der Waals surface area contributed by atoms with Crippen molar-refractivity contribution in [3.8, 4) is 0 Å². The summed E-state index contributed by atoms with van der Waals surface area (Å²) in [5.74, 6) is -0.214. The summed E-state index contributed by atoms with van der Waals surface area (Å²) in [5.41, 5.74) is 2.08. The summed E-state index contributed by atoms with van der Waals surface area (Å²) in [7, 11) is 0. The summed E-state index contributed by atoms with van der Waals surface area (Å²) in [6, 6.07) is 3.41. The molecule has 21 heavy (non-hydrogen) atoms. The van der Waals surface area contributed by atoms with E-state index < -0.39 is 0 Å². The van der Waals surface area contributed by atoms with Gasteiger partial charge in [0.05, 0.1) is 36.3 Å². The lowest BCUT2D eigenvalue weighted by atomic mass is 10.1. The fraction of sp³-hybridized carbons (Fsp3) is 0.429. The van der Waals surface area contributed by atoms with Crippen LogP contribution in [0.1, 0.15) is 12.0 Å². The first-order valence-corrected chi connectivity index (χ1v) is 7.24. The minimum atomic E-state index is -0.150. The molecule has 7 heteroatoms. The molecule has 3 rings (SSSR count). The number of carbonyl (C=O) groups excluding carboxylic acids is 2.